The maximum Gasteiger partial charge on any atom is 0.405 e. The molecule has 0 fully saturated rings. The van der Waals surface area contributed by atoms with Gasteiger partial charge in [0.05, 0.1) is 13.7 Å². The van der Waals surface area contributed by atoms with E-state index in [0.29, 0.717) is 12.2 Å². The Morgan fingerprint density at radius 1 is 1.40 bits per heavy atom. The molecule has 0 radical (unpaired) electrons. The minimum Gasteiger partial charge on any atom is -0.497 e. The lowest BCUT2D eigenvalue weighted by Crippen LogP contribution is -2.36. The van der Waals surface area contributed by atoms with Crippen LogP contribution in [0, 0.1) is 0 Å². The fourth-order valence-electron chi connectivity index (χ4n) is 1.07. The first-order valence-corrected chi connectivity index (χ1v) is 5.83. The fourth-order valence-corrected chi connectivity index (χ4v) is 1.07. The summed E-state index contributed by atoms with van der Waals surface area (Å²) in [4.78, 5) is 11.0. The Kier molecular flexibility index (Phi) is 9.19. The maximum atomic E-state index is 11.8. The molecular weight excluding hydrogens is 275 g/mol. The van der Waals surface area contributed by atoms with Crippen LogP contribution in [0.25, 0.3) is 0 Å². The van der Waals surface area contributed by atoms with Crippen LogP contribution in [0.5, 0.6) is 0 Å². The third-order valence-corrected chi connectivity index (χ3v) is 1.95. The van der Waals surface area contributed by atoms with Crippen LogP contribution in [0.4, 0.5) is 13.2 Å². The summed E-state index contributed by atoms with van der Waals surface area (Å²) in [6.45, 7) is 2.00. The second-order valence-electron chi connectivity index (χ2n) is 3.64. The lowest BCUT2D eigenvalue weighted by molar-refractivity contribution is -0.141. The summed E-state index contributed by atoms with van der Waals surface area (Å²) in [5.41, 5.74) is 0. The topological polar surface area (TPSA) is 47.6 Å². The molecule has 0 heterocycles. The highest BCUT2D eigenvalue weighted by Gasteiger charge is 2.27. The molecule has 0 aromatic heterocycles. The van der Waals surface area contributed by atoms with E-state index in [0.717, 1.165) is 0 Å². The third kappa shape index (κ3) is 11.3. The lowest BCUT2D eigenvalue weighted by Gasteiger charge is -2.08. The maximum absolute atomic E-state index is 11.8. The van der Waals surface area contributed by atoms with Gasteiger partial charge < -0.3 is 14.8 Å². The lowest BCUT2D eigenvalue weighted by atomic mass is 10.3. The van der Waals surface area contributed by atoms with E-state index < -0.39 is 25.2 Å². The Labute approximate surface area is 115 Å². The Morgan fingerprint density at radius 3 is 2.65 bits per heavy atom. The van der Waals surface area contributed by atoms with Gasteiger partial charge in [-0.3, -0.25) is 4.79 Å². The highest BCUT2D eigenvalue weighted by atomic mass is 19.4. The van der Waals surface area contributed by atoms with Crippen molar-refractivity contribution in [1.29, 1.82) is 0 Å². The van der Waals surface area contributed by atoms with Gasteiger partial charge in [-0.25, -0.2) is 0 Å². The first-order valence-electron chi connectivity index (χ1n) is 5.83. The Balaban J connectivity index is 3.71. The number of halogens is 3. The van der Waals surface area contributed by atoms with Crippen molar-refractivity contribution in [3.63, 3.8) is 0 Å². The number of hydrogen-bond acceptors (Lipinski definition) is 3. The van der Waals surface area contributed by atoms with Gasteiger partial charge in [0.2, 0.25) is 5.91 Å². The SMILES string of the molecule is C=C/C=C(\C=C/CCOCC(=O)NCC(F)(F)F)OC. The van der Waals surface area contributed by atoms with E-state index in [1.165, 1.54) is 7.11 Å². The molecule has 0 rings (SSSR count). The van der Waals surface area contributed by atoms with Crippen molar-refractivity contribution in [1.82, 2.24) is 5.32 Å². The molecule has 0 atom stereocenters. The summed E-state index contributed by atoms with van der Waals surface area (Å²) in [6, 6.07) is 0. The van der Waals surface area contributed by atoms with Gasteiger partial charge in [-0.2, -0.15) is 13.2 Å². The van der Waals surface area contributed by atoms with E-state index in [9.17, 15) is 18.0 Å². The van der Waals surface area contributed by atoms with E-state index in [1.54, 1.807) is 29.6 Å². The minimum atomic E-state index is -4.41. The van der Waals surface area contributed by atoms with Crippen molar-refractivity contribution in [2.24, 2.45) is 0 Å². The standard InChI is InChI=1S/C13H18F3NO3/c1-3-6-11(19-2)7-4-5-8-20-9-12(18)17-10-13(14,15)16/h3-4,6-7H,1,5,8-10H2,2H3,(H,17,18)/b7-4-,11-6+. The normalized spacial score (nSPS) is 12.5. The number of amides is 1. The first kappa shape index (κ1) is 18.2. The zero-order valence-corrected chi connectivity index (χ0v) is 11.2. The number of carbonyl (C=O) groups is 1. The van der Waals surface area contributed by atoms with Crippen molar-refractivity contribution in [2.45, 2.75) is 12.6 Å². The molecule has 1 N–H and O–H groups in total. The van der Waals surface area contributed by atoms with Gasteiger partial charge in [-0.1, -0.05) is 18.7 Å². The van der Waals surface area contributed by atoms with Gasteiger partial charge in [0, 0.05) is 0 Å². The van der Waals surface area contributed by atoms with Crippen molar-refractivity contribution < 1.29 is 27.4 Å². The Bertz CT molecular complexity index is 362. The molecule has 4 nitrogen and oxygen atoms in total. The first-order chi connectivity index (χ1) is 9.39. The van der Waals surface area contributed by atoms with Crippen molar-refractivity contribution >= 4 is 5.91 Å². The summed E-state index contributed by atoms with van der Waals surface area (Å²) in [6.07, 6.45) is 2.80. The molecule has 0 spiro atoms. The highest BCUT2D eigenvalue weighted by molar-refractivity contribution is 5.77. The average Bonchev–Trinajstić information content (AvgIpc) is 2.38. The monoisotopic (exact) mass is 293 g/mol. The fraction of sp³-hybridized carbons (Fsp3) is 0.462. The van der Waals surface area contributed by atoms with Crippen molar-refractivity contribution in [2.75, 3.05) is 26.9 Å². The van der Waals surface area contributed by atoms with E-state index in [1.807, 2.05) is 0 Å². The molecule has 0 bridgehead atoms. The molecule has 114 valence electrons. The number of nitrogens with one attached hydrogen (secondary N) is 1. The molecule has 0 saturated heterocycles. The van der Waals surface area contributed by atoms with Crippen LogP contribution >= 0.6 is 0 Å². The number of allylic oxidation sites excluding steroid dienone is 3. The molecule has 0 unspecified atom stereocenters. The van der Waals surface area contributed by atoms with Crippen LogP contribution in [0.15, 0.2) is 36.6 Å². The molecule has 0 aromatic carbocycles. The average molecular weight is 293 g/mol. The van der Waals surface area contributed by atoms with E-state index in [4.69, 9.17) is 9.47 Å². The van der Waals surface area contributed by atoms with Gasteiger partial charge >= 0.3 is 6.18 Å². The molecule has 0 saturated carbocycles. The molecule has 0 aliphatic carbocycles. The van der Waals surface area contributed by atoms with Crippen molar-refractivity contribution in [3.05, 3.63) is 36.6 Å². The number of alkyl halides is 3. The van der Waals surface area contributed by atoms with Crippen LogP contribution in [0.3, 0.4) is 0 Å². The molecule has 7 heteroatoms. The van der Waals surface area contributed by atoms with Crippen molar-refractivity contribution in [3.8, 4) is 0 Å². The quantitative estimate of drug-likeness (QED) is 0.403. The number of methoxy groups -OCH3 is 1. The van der Waals surface area contributed by atoms with E-state index in [-0.39, 0.29) is 6.61 Å². The van der Waals surface area contributed by atoms with Crippen LogP contribution < -0.4 is 5.32 Å². The van der Waals surface area contributed by atoms with Gasteiger partial charge in [0.1, 0.15) is 18.9 Å². The predicted molar refractivity (Wildman–Crippen MR) is 68.9 cm³/mol. The molecular formula is C13H18F3NO3. The van der Waals surface area contributed by atoms with E-state index in [2.05, 4.69) is 6.58 Å². The van der Waals surface area contributed by atoms with Crippen LogP contribution in [-0.4, -0.2) is 39.0 Å². The van der Waals surface area contributed by atoms with Gasteiger partial charge in [-0.15, -0.1) is 0 Å². The minimum absolute atomic E-state index is 0.223. The predicted octanol–water partition coefficient (Wildman–Crippen LogP) is 2.34. The molecule has 0 aliphatic rings. The number of rotatable bonds is 9. The molecule has 20 heavy (non-hydrogen) atoms. The van der Waals surface area contributed by atoms with Gasteiger partial charge in [0.25, 0.3) is 0 Å². The zero-order chi connectivity index (χ0) is 15.4. The Morgan fingerprint density at radius 2 is 2.10 bits per heavy atom. The summed E-state index contributed by atoms with van der Waals surface area (Å²) in [5.74, 6) is -0.182. The molecule has 0 aliphatic heterocycles. The second-order valence-corrected chi connectivity index (χ2v) is 3.64. The summed E-state index contributed by atoms with van der Waals surface area (Å²) in [7, 11) is 1.52. The van der Waals surface area contributed by atoms with Crippen LogP contribution in [-0.2, 0) is 14.3 Å². The zero-order valence-electron chi connectivity index (χ0n) is 11.2. The van der Waals surface area contributed by atoms with Gasteiger partial charge in [-0.05, 0) is 18.6 Å². The largest absolute Gasteiger partial charge is 0.497 e. The second kappa shape index (κ2) is 10.1. The van der Waals surface area contributed by atoms with Crippen LogP contribution in [0.2, 0.25) is 0 Å². The molecule has 0 aromatic rings. The van der Waals surface area contributed by atoms with Crippen LogP contribution in [0.1, 0.15) is 6.42 Å². The number of hydrogen-bond donors (Lipinski definition) is 1. The third-order valence-electron chi connectivity index (χ3n) is 1.95. The number of carbonyl (C=O) groups excluding carboxylic acids is 1. The summed E-state index contributed by atoms with van der Waals surface area (Å²) >= 11 is 0. The summed E-state index contributed by atoms with van der Waals surface area (Å²) < 4.78 is 45.3. The number of ether oxygens (including phenoxy) is 2. The Hall–Kier alpha value is -1.76. The smallest absolute Gasteiger partial charge is 0.405 e. The van der Waals surface area contributed by atoms with E-state index >= 15 is 0 Å². The van der Waals surface area contributed by atoms with Gasteiger partial charge in [0.15, 0.2) is 0 Å². The highest BCUT2D eigenvalue weighted by Crippen LogP contribution is 2.11. The summed E-state index contributed by atoms with van der Waals surface area (Å²) in [5, 5.41) is 1.71. The molecule has 1 amide bonds.